The summed E-state index contributed by atoms with van der Waals surface area (Å²) in [6.45, 7) is 1.84. The maximum absolute atomic E-state index is 11.9. The highest BCUT2D eigenvalue weighted by Crippen LogP contribution is 2.30. The summed E-state index contributed by atoms with van der Waals surface area (Å²) < 4.78 is 27.2. The summed E-state index contributed by atoms with van der Waals surface area (Å²) in [5.74, 6) is -1.28. The van der Waals surface area contributed by atoms with Crippen LogP contribution in [-0.4, -0.2) is 30.4 Å². The van der Waals surface area contributed by atoms with E-state index >= 15 is 0 Å². The molecule has 0 aliphatic carbocycles. The number of sulfonamides is 1. The number of carbonyl (C=O) groups is 1. The molecule has 1 aliphatic heterocycles. The van der Waals surface area contributed by atoms with Crippen molar-refractivity contribution in [2.75, 3.05) is 11.1 Å². The Morgan fingerprint density at radius 1 is 1.50 bits per heavy atom. The second-order valence-corrected chi connectivity index (χ2v) is 6.22. The van der Waals surface area contributed by atoms with Gasteiger partial charge in [-0.2, -0.15) is 8.42 Å². The van der Waals surface area contributed by atoms with Crippen molar-refractivity contribution < 1.29 is 18.3 Å². The molecule has 0 saturated heterocycles. The molecule has 0 saturated carbocycles. The van der Waals surface area contributed by atoms with E-state index in [0.717, 1.165) is 17.3 Å². The van der Waals surface area contributed by atoms with E-state index in [1.54, 1.807) is 12.1 Å². The van der Waals surface area contributed by atoms with Crippen molar-refractivity contribution in [3.63, 3.8) is 0 Å². The van der Waals surface area contributed by atoms with Gasteiger partial charge < -0.3 is 10.4 Å². The van der Waals surface area contributed by atoms with Crippen LogP contribution in [0.1, 0.15) is 5.56 Å². The number of anilines is 1. The molecule has 1 aliphatic rings. The fourth-order valence-electron chi connectivity index (χ4n) is 1.46. The molecule has 8 heteroatoms. The molecule has 0 radical (unpaired) electrons. The third kappa shape index (κ3) is 2.65. The van der Waals surface area contributed by atoms with Gasteiger partial charge >= 0.3 is 5.97 Å². The van der Waals surface area contributed by atoms with Gasteiger partial charge in [-0.3, -0.25) is 4.79 Å². The van der Waals surface area contributed by atoms with Crippen LogP contribution in [0.2, 0.25) is 0 Å². The predicted molar refractivity (Wildman–Crippen MR) is 69.5 cm³/mol. The van der Waals surface area contributed by atoms with Crippen LogP contribution in [0.3, 0.4) is 0 Å². The number of amidine groups is 1. The van der Waals surface area contributed by atoms with Crippen molar-refractivity contribution in [3.8, 4) is 0 Å². The van der Waals surface area contributed by atoms with Crippen molar-refractivity contribution >= 4 is 38.6 Å². The number of fused-ring (bicyclic) bond motifs is 1. The van der Waals surface area contributed by atoms with Gasteiger partial charge in [-0.15, -0.1) is 4.40 Å². The highest BCUT2D eigenvalue weighted by Gasteiger charge is 2.25. The van der Waals surface area contributed by atoms with Crippen molar-refractivity contribution in [1.82, 2.24) is 0 Å². The zero-order valence-corrected chi connectivity index (χ0v) is 11.0. The first-order valence-electron chi connectivity index (χ1n) is 4.96. The van der Waals surface area contributed by atoms with Crippen molar-refractivity contribution in [2.24, 2.45) is 4.40 Å². The minimum absolute atomic E-state index is 0.0792. The van der Waals surface area contributed by atoms with Crippen LogP contribution in [0.4, 0.5) is 5.69 Å². The quantitative estimate of drug-likeness (QED) is 0.850. The largest absolute Gasteiger partial charge is 0.481 e. The predicted octanol–water partition coefficient (Wildman–Crippen LogP) is 1.28. The van der Waals surface area contributed by atoms with Gasteiger partial charge in [-0.1, -0.05) is 17.8 Å². The van der Waals surface area contributed by atoms with Crippen molar-refractivity contribution in [1.29, 1.82) is 0 Å². The Kier molecular flexibility index (Phi) is 3.31. The average molecular weight is 286 g/mol. The third-order valence-corrected chi connectivity index (χ3v) is 4.50. The number of nitrogens with zero attached hydrogens (tertiary/aromatic N) is 1. The van der Waals surface area contributed by atoms with Gasteiger partial charge in [0.15, 0.2) is 5.17 Å². The Labute approximate surface area is 108 Å². The molecular weight excluding hydrogens is 276 g/mol. The maximum atomic E-state index is 11.9. The molecule has 0 bridgehead atoms. The number of nitrogens with one attached hydrogen (secondary N) is 1. The van der Waals surface area contributed by atoms with Crippen LogP contribution in [0.15, 0.2) is 27.5 Å². The fraction of sp³-hybridized carbons (Fsp3) is 0.200. The molecule has 2 rings (SSSR count). The first-order valence-corrected chi connectivity index (χ1v) is 7.38. The second-order valence-electron chi connectivity index (χ2n) is 3.68. The van der Waals surface area contributed by atoms with E-state index < -0.39 is 16.0 Å². The van der Waals surface area contributed by atoms with Gasteiger partial charge in [-0.25, -0.2) is 0 Å². The van der Waals surface area contributed by atoms with Gasteiger partial charge in [0.25, 0.3) is 10.0 Å². The van der Waals surface area contributed by atoms with Crippen LogP contribution in [0, 0.1) is 6.92 Å². The molecule has 0 unspecified atom stereocenters. The van der Waals surface area contributed by atoms with Crippen LogP contribution in [0.5, 0.6) is 0 Å². The topological polar surface area (TPSA) is 95.8 Å². The molecule has 0 spiro atoms. The SMILES string of the molecule is Cc1ccc2c(c1)NC(SCC(=O)O)=NS2(=O)=O. The van der Waals surface area contributed by atoms with Gasteiger partial charge in [0.05, 0.1) is 11.4 Å². The number of carboxylic acids is 1. The normalized spacial score (nSPS) is 16.4. The summed E-state index contributed by atoms with van der Waals surface area (Å²) in [5.41, 5.74) is 1.33. The Balaban J connectivity index is 2.36. The summed E-state index contributed by atoms with van der Waals surface area (Å²) in [6, 6.07) is 4.85. The number of aryl methyl sites for hydroxylation is 1. The Bertz CT molecular complexity index is 637. The average Bonchev–Trinajstić information content (AvgIpc) is 2.24. The van der Waals surface area contributed by atoms with Crippen molar-refractivity contribution in [2.45, 2.75) is 11.8 Å². The molecule has 6 nitrogen and oxygen atoms in total. The molecule has 0 atom stereocenters. The molecule has 1 aromatic carbocycles. The zero-order chi connectivity index (χ0) is 13.3. The lowest BCUT2D eigenvalue weighted by Gasteiger charge is -2.17. The van der Waals surface area contributed by atoms with E-state index in [4.69, 9.17) is 5.11 Å². The molecule has 96 valence electrons. The summed E-state index contributed by atoms with van der Waals surface area (Å²) >= 11 is 0.837. The number of hydrogen-bond acceptors (Lipinski definition) is 5. The monoisotopic (exact) mass is 286 g/mol. The first kappa shape index (κ1) is 12.9. The molecule has 0 amide bonds. The first-order chi connectivity index (χ1) is 8.38. The number of aliphatic carboxylic acids is 1. The van der Waals surface area contributed by atoms with Crippen LogP contribution >= 0.6 is 11.8 Å². The van der Waals surface area contributed by atoms with Crippen molar-refractivity contribution in [3.05, 3.63) is 23.8 Å². The van der Waals surface area contributed by atoms with Gasteiger partial charge in [0, 0.05) is 0 Å². The van der Waals surface area contributed by atoms with Gasteiger partial charge in [-0.05, 0) is 24.6 Å². The van der Waals surface area contributed by atoms with E-state index in [0.29, 0.717) is 5.69 Å². The van der Waals surface area contributed by atoms with Crippen LogP contribution in [-0.2, 0) is 14.8 Å². The summed E-state index contributed by atoms with van der Waals surface area (Å²) in [6.07, 6.45) is 0. The number of hydrogen-bond donors (Lipinski definition) is 2. The number of rotatable bonds is 2. The number of thioether (sulfide) groups is 1. The summed E-state index contributed by atoms with van der Waals surface area (Å²) in [4.78, 5) is 10.6. The molecule has 0 aromatic heterocycles. The minimum atomic E-state index is -3.74. The van der Waals surface area contributed by atoms with Crippen LogP contribution in [0.25, 0.3) is 0 Å². The highest BCUT2D eigenvalue weighted by atomic mass is 32.2. The van der Waals surface area contributed by atoms with E-state index in [-0.39, 0.29) is 15.8 Å². The Morgan fingerprint density at radius 3 is 2.89 bits per heavy atom. The molecular formula is C10H10N2O4S2. The second kappa shape index (κ2) is 4.62. The Morgan fingerprint density at radius 2 is 2.22 bits per heavy atom. The standard InChI is InChI=1S/C10H10N2O4S2/c1-6-2-3-8-7(4-6)11-10(12-18(8,15)16)17-5-9(13)14/h2-4H,5H2,1H3,(H,11,12)(H,13,14). The van der Waals surface area contributed by atoms with Gasteiger partial charge in [0.2, 0.25) is 0 Å². The molecule has 0 fully saturated rings. The van der Waals surface area contributed by atoms with E-state index in [2.05, 4.69) is 9.71 Å². The lowest BCUT2D eigenvalue weighted by atomic mass is 10.2. The molecule has 1 aromatic rings. The number of benzene rings is 1. The Hall–Kier alpha value is -1.54. The maximum Gasteiger partial charge on any atom is 0.313 e. The molecule has 1 heterocycles. The van der Waals surface area contributed by atoms with E-state index in [1.807, 2.05) is 6.92 Å². The lowest BCUT2D eigenvalue weighted by Crippen LogP contribution is -2.20. The zero-order valence-electron chi connectivity index (χ0n) is 9.37. The van der Waals surface area contributed by atoms with E-state index in [1.165, 1.54) is 6.07 Å². The summed E-state index contributed by atoms with van der Waals surface area (Å²) in [5, 5.41) is 11.5. The third-order valence-electron chi connectivity index (χ3n) is 2.19. The van der Waals surface area contributed by atoms with E-state index in [9.17, 15) is 13.2 Å². The number of carboxylic acid groups (broad SMARTS) is 1. The lowest BCUT2D eigenvalue weighted by molar-refractivity contribution is -0.133. The van der Waals surface area contributed by atoms with Crippen LogP contribution < -0.4 is 5.32 Å². The summed E-state index contributed by atoms with van der Waals surface area (Å²) in [7, 11) is -3.74. The molecule has 18 heavy (non-hydrogen) atoms. The van der Waals surface area contributed by atoms with Gasteiger partial charge in [0.1, 0.15) is 4.90 Å². The minimum Gasteiger partial charge on any atom is -0.481 e. The smallest absolute Gasteiger partial charge is 0.313 e. The highest BCUT2D eigenvalue weighted by molar-refractivity contribution is 8.15. The fourth-order valence-corrected chi connectivity index (χ4v) is 3.39. The molecule has 2 N–H and O–H groups in total.